The molecule has 0 atom stereocenters. The van der Waals surface area contributed by atoms with E-state index in [4.69, 9.17) is 5.26 Å². The van der Waals surface area contributed by atoms with Crippen LogP contribution in [0.4, 0.5) is 0 Å². The number of piperidine rings is 1. The molecule has 0 saturated carbocycles. The lowest BCUT2D eigenvalue weighted by molar-refractivity contribution is 0.0667. The van der Waals surface area contributed by atoms with Gasteiger partial charge in [-0.15, -0.1) is 0 Å². The zero-order chi connectivity index (χ0) is 13.8. The van der Waals surface area contributed by atoms with E-state index in [1.54, 1.807) is 24.3 Å². The second-order valence-electron chi connectivity index (χ2n) is 5.57. The van der Waals surface area contributed by atoms with E-state index >= 15 is 0 Å². The van der Waals surface area contributed by atoms with Gasteiger partial charge in [0.25, 0.3) is 5.91 Å². The van der Waals surface area contributed by atoms with E-state index in [0.29, 0.717) is 17.0 Å². The molecule has 1 amide bonds. The number of likely N-dealkylation sites (tertiary alicyclic amines) is 1. The molecule has 2 rings (SSSR count). The molecule has 1 aromatic carbocycles. The highest BCUT2D eigenvalue weighted by Gasteiger charge is 2.25. The molecule has 1 aromatic rings. The van der Waals surface area contributed by atoms with Crippen molar-refractivity contribution in [3.05, 3.63) is 35.4 Å². The topological polar surface area (TPSA) is 44.1 Å². The number of benzene rings is 1. The zero-order valence-electron chi connectivity index (χ0n) is 11.6. The number of amides is 1. The molecule has 0 radical (unpaired) electrons. The van der Waals surface area contributed by atoms with E-state index in [2.05, 4.69) is 19.9 Å². The Morgan fingerprint density at radius 3 is 2.63 bits per heavy atom. The number of nitrogens with zero attached hydrogens (tertiary/aromatic N) is 2. The molecule has 0 aromatic heterocycles. The third-order valence-electron chi connectivity index (χ3n) is 4.01. The standard InChI is InChI=1S/C16H20N2O/c1-12(2)14-6-8-18(9-7-14)16(19)15-5-3-4-13(10-15)11-17/h3-5,10,12,14H,6-9H2,1-2H3. The molecule has 0 aliphatic carbocycles. The van der Waals surface area contributed by atoms with Crippen molar-refractivity contribution in [2.75, 3.05) is 13.1 Å². The van der Waals surface area contributed by atoms with Gasteiger partial charge in [-0.25, -0.2) is 0 Å². The van der Waals surface area contributed by atoms with Crippen LogP contribution < -0.4 is 0 Å². The van der Waals surface area contributed by atoms with Crippen LogP contribution >= 0.6 is 0 Å². The van der Waals surface area contributed by atoms with Crippen LogP contribution in [-0.2, 0) is 0 Å². The predicted octanol–water partition coefficient (Wildman–Crippen LogP) is 3.07. The quantitative estimate of drug-likeness (QED) is 0.816. The third kappa shape index (κ3) is 3.14. The van der Waals surface area contributed by atoms with Crippen LogP contribution in [0.3, 0.4) is 0 Å². The Kier molecular flexibility index (Phi) is 4.21. The average Bonchev–Trinajstić information content (AvgIpc) is 2.46. The lowest BCUT2D eigenvalue weighted by atomic mass is 9.86. The van der Waals surface area contributed by atoms with Crippen molar-refractivity contribution < 1.29 is 4.79 Å². The van der Waals surface area contributed by atoms with Gasteiger partial charge in [0.1, 0.15) is 0 Å². The molecule has 100 valence electrons. The third-order valence-corrected chi connectivity index (χ3v) is 4.01. The van der Waals surface area contributed by atoms with Crippen molar-refractivity contribution >= 4 is 5.91 Å². The molecule has 1 fully saturated rings. The fourth-order valence-electron chi connectivity index (χ4n) is 2.67. The number of nitriles is 1. The van der Waals surface area contributed by atoms with Crippen LogP contribution in [-0.4, -0.2) is 23.9 Å². The molecule has 1 aliphatic heterocycles. The van der Waals surface area contributed by atoms with Crippen molar-refractivity contribution in [1.82, 2.24) is 4.90 Å². The van der Waals surface area contributed by atoms with E-state index in [1.807, 2.05) is 4.90 Å². The molecule has 0 unspecified atom stereocenters. The first kappa shape index (κ1) is 13.6. The normalized spacial score (nSPS) is 16.4. The molecule has 0 bridgehead atoms. The summed E-state index contributed by atoms with van der Waals surface area (Å²) in [5.74, 6) is 1.48. The monoisotopic (exact) mass is 256 g/mol. The minimum Gasteiger partial charge on any atom is -0.339 e. The Bertz CT molecular complexity index is 494. The SMILES string of the molecule is CC(C)C1CCN(C(=O)c2cccc(C#N)c2)CC1. The molecule has 19 heavy (non-hydrogen) atoms. The summed E-state index contributed by atoms with van der Waals surface area (Å²) in [5.41, 5.74) is 1.17. The summed E-state index contributed by atoms with van der Waals surface area (Å²) in [6, 6.07) is 9.04. The van der Waals surface area contributed by atoms with E-state index in [-0.39, 0.29) is 5.91 Å². The number of hydrogen-bond acceptors (Lipinski definition) is 2. The van der Waals surface area contributed by atoms with E-state index in [9.17, 15) is 4.79 Å². The van der Waals surface area contributed by atoms with Crippen molar-refractivity contribution in [2.45, 2.75) is 26.7 Å². The molecule has 0 spiro atoms. The molecule has 1 heterocycles. The Labute approximate surface area is 114 Å². The van der Waals surface area contributed by atoms with Gasteiger partial charge in [-0.2, -0.15) is 5.26 Å². The first-order valence-corrected chi connectivity index (χ1v) is 6.91. The second-order valence-corrected chi connectivity index (χ2v) is 5.57. The summed E-state index contributed by atoms with van der Waals surface area (Å²) >= 11 is 0. The van der Waals surface area contributed by atoms with Gasteiger partial charge in [-0.1, -0.05) is 19.9 Å². The van der Waals surface area contributed by atoms with E-state index < -0.39 is 0 Å². The fraction of sp³-hybridized carbons (Fsp3) is 0.500. The van der Waals surface area contributed by atoms with Crippen LogP contribution in [0, 0.1) is 23.2 Å². The van der Waals surface area contributed by atoms with Crippen LogP contribution in [0.5, 0.6) is 0 Å². The van der Waals surface area contributed by atoms with Crippen LogP contribution in [0.25, 0.3) is 0 Å². The highest BCUT2D eigenvalue weighted by molar-refractivity contribution is 5.94. The van der Waals surface area contributed by atoms with Gasteiger partial charge in [0.05, 0.1) is 11.6 Å². The summed E-state index contributed by atoms with van der Waals surface area (Å²) in [7, 11) is 0. The lowest BCUT2D eigenvalue weighted by Crippen LogP contribution is -2.39. The van der Waals surface area contributed by atoms with Gasteiger partial charge < -0.3 is 4.90 Å². The highest BCUT2D eigenvalue weighted by atomic mass is 16.2. The Balaban J connectivity index is 2.03. The van der Waals surface area contributed by atoms with Crippen molar-refractivity contribution in [2.24, 2.45) is 11.8 Å². The zero-order valence-corrected chi connectivity index (χ0v) is 11.6. The fourth-order valence-corrected chi connectivity index (χ4v) is 2.67. The van der Waals surface area contributed by atoms with Gasteiger partial charge in [0.2, 0.25) is 0 Å². The minimum absolute atomic E-state index is 0.0549. The Morgan fingerprint density at radius 1 is 1.37 bits per heavy atom. The molecule has 1 aliphatic rings. The maximum absolute atomic E-state index is 12.4. The lowest BCUT2D eigenvalue weighted by Gasteiger charge is -2.34. The molecule has 1 saturated heterocycles. The average molecular weight is 256 g/mol. The van der Waals surface area contributed by atoms with Crippen molar-refractivity contribution in [3.8, 4) is 6.07 Å². The summed E-state index contributed by atoms with van der Waals surface area (Å²) < 4.78 is 0. The highest BCUT2D eigenvalue weighted by Crippen LogP contribution is 2.25. The van der Waals surface area contributed by atoms with Gasteiger partial charge in [-0.3, -0.25) is 4.79 Å². The van der Waals surface area contributed by atoms with E-state index in [1.165, 1.54) is 0 Å². The van der Waals surface area contributed by atoms with Gasteiger partial charge in [-0.05, 0) is 42.9 Å². The van der Waals surface area contributed by atoms with Gasteiger partial charge in [0.15, 0.2) is 0 Å². The first-order chi connectivity index (χ1) is 9.11. The number of carbonyl (C=O) groups excluding carboxylic acids is 1. The second kappa shape index (κ2) is 5.88. The Hall–Kier alpha value is -1.82. The molecule has 3 nitrogen and oxygen atoms in total. The molecular formula is C16H20N2O. The molecule has 0 N–H and O–H groups in total. The summed E-state index contributed by atoms with van der Waals surface area (Å²) in [6.07, 6.45) is 2.17. The van der Waals surface area contributed by atoms with Gasteiger partial charge in [0, 0.05) is 18.7 Å². The van der Waals surface area contributed by atoms with Crippen LogP contribution in [0.15, 0.2) is 24.3 Å². The predicted molar refractivity (Wildman–Crippen MR) is 74.6 cm³/mol. The van der Waals surface area contributed by atoms with Gasteiger partial charge >= 0.3 is 0 Å². The smallest absolute Gasteiger partial charge is 0.253 e. The minimum atomic E-state index is 0.0549. The summed E-state index contributed by atoms with van der Waals surface area (Å²) in [4.78, 5) is 14.3. The first-order valence-electron chi connectivity index (χ1n) is 6.91. The molecular weight excluding hydrogens is 236 g/mol. The Morgan fingerprint density at radius 2 is 2.05 bits per heavy atom. The summed E-state index contributed by atoms with van der Waals surface area (Å²) in [6.45, 7) is 6.16. The van der Waals surface area contributed by atoms with Crippen LogP contribution in [0.2, 0.25) is 0 Å². The number of hydrogen-bond donors (Lipinski definition) is 0. The van der Waals surface area contributed by atoms with Crippen molar-refractivity contribution in [3.63, 3.8) is 0 Å². The maximum atomic E-state index is 12.4. The number of rotatable bonds is 2. The number of carbonyl (C=O) groups is 1. The maximum Gasteiger partial charge on any atom is 0.253 e. The molecule has 3 heteroatoms. The van der Waals surface area contributed by atoms with Crippen LogP contribution in [0.1, 0.15) is 42.6 Å². The largest absolute Gasteiger partial charge is 0.339 e. The summed E-state index contributed by atoms with van der Waals surface area (Å²) in [5, 5.41) is 8.88. The van der Waals surface area contributed by atoms with Crippen molar-refractivity contribution in [1.29, 1.82) is 5.26 Å². The van der Waals surface area contributed by atoms with E-state index in [0.717, 1.165) is 31.8 Å².